The van der Waals surface area contributed by atoms with E-state index in [9.17, 15) is 4.79 Å². The average Bonchev–Trinajstić information content (AvgIpc) is 2.49. The molecule has 3 N–H and O–H groups in total. The maximum absolute atomic E-state index is 12.0. The number of hydrogen-bond donors (Lipinski definition) is 2. The fraction of sp³-hybridized carbons (Fsp3) is 0.529. The third-order valence-electron chi connectivity index (χ3n) is 4.19. The number of carbonyl (C=O) groups is 1. The molecule has 1 radical (unpaired) electrons. The zero-order valence-electron chi connectivity index (χ0n) is 13.7. The third-order valence-corrected chi connectivity index (χ3v) is 4.19. The molecule has 0 saturated carbocycles. The van der Waals surface area contributed by atoms with Gasteiger partial charge < -0.3 is 20.7 Å². The molecular weight excluding hydrogens is 278 g/mol. The molecule has 0 unspecified atom stereocenters. The van der Waals surface area contributed by atoms with Crippen LogP contribution in [0.3, 0.4) is 0 Å². The number of nitrogens with zero attached hydrogens (tertiary/aromatic N) is 1. The highest BCUT2D eigenvalue weighted by atomic mass is 16.5. The second-order valence-electron chi connectivity index (χ2n) is 6.28. The van der Waals surface area contributed by atoms with Crippen LogP contribution in [0.25, 0.3) is 0 Å². The lowest BCUT2D eigenvalue weighted by Gasteiger charge is -2.41. The van der Waals surface area contributed by atoms with Crippen LogP contribution in [0.4, 0.5) is 5.69 Å². The van der Waals surface area contributed by atoms with Crippen molar-refractivity contribution in [1.29, 1.82) is 0 Å². The van der Waals surface area contributed by atoms with Crippen LogP contribution in [-0.2, 0) is 4.79 Å². The van der Waals surface area contributed by atoms with Gasteiger partial charge in [0.05, 0.1) is 7.11 Å². The quantitative estimate of drug-likeness (QED) is 0.844. The van der Waals surface area contributed by atoms with Crippen molar-refractivity contribution in [2.24, 2.45) is 5.73 Å². The Morgan fingerprint density at radius 1 is 1.27 bits per heavy atom. The van der Waals surface area contributed by atoms with E-state index >= 15 is 0 Å². The van der Waals surface area contributed by atoms with Gasteiger partial charge in [0, 0.05) is 25.3 Å². The molecule has 5 heteroatoms. The van der Waals surface area contributed by atoms with Crippen LogP contribution < -0.4 is 15.8 Å². The number of likely N-dealkylation sites (tertiary alicyclic amines) is 1. The highest BCUT2D eigenvalue weighted by molar-refractivity contribution is 5.88. The Bertz CT molecular complexity index is 491. The van der Waals surface area contributed by atoms with E-state index in [2.05, 4.69) is 24.1 Å². The summed E-state index contributed by atoms with van der Waals surface area (Å²) in [5, 5.41) is 3.36. The van der Waals surface area contributed by atoms with Gasteiger partial charge in [-0.3, -0.25) is 4.79 Å². The van der Waals surface area contributed by atoms with E-state index < -0.39 is 5.54 Å². The number of piperidine rings is 1. The normalized spacial score (nSPS) is 18.2. The molecule has 0 spiro atoms. The van der Waals surface area contributed by atoms with E-state index in [0.29, 0.717) is 0 Å². The number of anilines is 1. The van der Waals surface area contributed by atoms with Crippen molar-refractivity contribution in [3.63, 3.8) is 0 Å². The number of primary amides is 1. The Morgan fingerprint density at radius 3 is 2.32 bits per heavy atom. The Labute approximate surface area is 132 Å². The number of hydrogen-bond acceptors (Lipinski definition) is 4. The summed E-state index contributed by atoms with van der Waals surface area (Å²) < 4.78 is 5.15. The van der Waals surface area contributed by atoms with Crippen molar-refractivity contribution in [3.05, 3.63) is 30.2 Å². The number of nitrogens with one attached hydrogen (secondary N) is 1. The Morgan fingerprint density at radius 2 is 1.86 bits per heavy atom. The largest absolute Gasteiger partial charge is 0.497 e. The molecule has 1 amide bonds. The SMILES string of the molecule is COc1ccc(NC2(C(N)=O)CCN(C[C](C)C)CC2)cc1. The van der Waals surface area contributed by atoms with Crippen LogP contribution in [-0.4, -0.2) is 43.1 Å². The molecule has 5 nitrogen and oxygen atoms in total. The first kappa shape index (κ1) is 16.6. The van der Waals surface area contributed by atoms with Crippen molar-refractivity contribution in [3.8, 4) is 5.75 Å². The van der Waals surface area contributed by atoms with E-state index in [1.54, 1.807) is 7.11 Å². The zero-order chi connectivity index (χ0) is 16.2. The highest BCUT2D eigenvalue weighted by Gasteiger charge is 2.39. The molecule has 22 heavy (non-hydrogen) atoms. The summed E-state index contributed by atoms with van der Waals surface area (Å²) in [6.07, 6.45) is 1.45. The maximum Gasteiger partial charge on any atom is 0.243 e. The number of rotatable bonds is 6. The molecule has 2 rings (SSSR count). The van der Waals surface area contributed by atoms with Crippen LogP contribution >= 0.6 is 0 Å². The second-order valence-corrected chi connectivity index (χ2v) is 6.28. The van der Waals surface area contributed by atoms with Gasteiger partial charge >= 0.3 is 0 Å². The smallest absolute Gasteiger partial charge is 0.243 e. The van der Waals surface area contributed by atoms with Gasteiger partial charge in [0.2, 0.25) is 5.91 Å². The number of methoxy groups -OCH3 is 1. The second kappa shape index (κ2) is 7.01. The lowest BCUT2D eigenvalue weighted by atomic mass is 9.86. The fourth-order valence-electron chi connectivity index (χ4n) is 2.92. The highest BCUT2D eigenvalue weighted by Crippen LogP contribution is 2.28. The van der Waals surface area contributed by atoms with Crippen LogP contribution in [0.15, 0.2) is 24.3 Å². The van der Waals surface area contributed by atoms with Gasteiger partial charge in [-0.25, -0.2) is 0 Å². The predicted octanol–water partition coefficient (Wildman–Crippen LogP) is 2.04. The lowest BCUT2D eigenvalue weighted by Crippen LogP contribution is -2.57. The molecule has 1 saturated heterocycles. The van der Waals surface area contributed by atoms with Gasteiger partial charge in [-0.1, -0.05) is 13.8 Å². The molecule has 121 valence electrons. The molecule has 1 aliphatic heterocycles. The summed E-state index contributed by atoms with van der Waals surface area (Å²) in [6.45, 7) is 6.99. The van der Waals surface area contributed by atoms with Gasteiger partial charge in [-0.05, 0) is 43.0 Å². The molecule has 1 heterocycles. The number of ether oxygens (including phenoxy) is 1. The van der Waals surface area contributed by atoms with Gasteiger partial charge in [0.25, 0.3) is 0 Å². The first-order chi connectivity index (χ1) is 10.4. The topological polar surface area (TPSA) is 67.6 Å². The summed E-state index contributed by atoms with van der Waals surface area (Å²) >= 11 is 0. The molecule has 0 aliphatic carbocycles. The van der Waals surface area contributed by atoms with Crippen LogP contribution in [0.2, 0.25) is 0 Å². The molecule has 1 aromatic rings. The van der Waals surface area contributed by atoms with Gasteiger partial charge in [0.15, 0.2) is 0 Å². The number of carbonyl (C=O) groups excluding carboxylic acids is 1. The zero-order valence-corrected chi connectivity index (χ0v) is 13.7. The van der Waals surface area contributed by atoms with E-state index in [1.165, 1.54) is 5.92 Å². The lowest BCUT2D eigenvalue weighted by molar-refractivity contribution is -0.123. The monoisotopic (exact) mass is 304 g/mol. The van der Waals surface area contributed by atoms with E-state index in [-0.39, 0.29) is 5.91 Å². The molecular formula is C17H26N3O2. The minimum absolute atomic E-state index is 0.278. The summed E-state index contributed by atoms with van der Waals surface area (Å²) in [4.78, 5) is 14.4. The average molecular weight is 304 g/mol. The van der Waals surface area contributed by atoms with Crippen molar-refractivity contribution in [2.45, 2.75) is 32.2 Å². The maximum atomic E-state index is 12.0. The van der Waals surface area contributed by atoms with Crippen molar-refractivity contribution in [2.75, 3.05) is 32.1 Å². The van der Waals surface area contributed by atoms with Crippen molar-refractivity contribution >= 4 is 11.6 Å². The van der Waals surface area contributed by atoms with Crippen molar-refractivity contribution in [1.82, 2.24) is 4.90 Å². The van der Waals surface area contributed by atoms with Crippen LogP contribution in [0.1, 0.15) is 26.7 Å². The Hall–Kier alpha value is -1.75. The summed E-state index contributed by atoms with van der Waals surface area (Å²) in [5.74, 6) is 1.90. The molecule has 0 aromatic heterocycles. The van der Waals surface area contributed by atoms with Gasteiger partial charge in [0.1, 0.15) is 11.3 Å². The Balaban J connectivity index is 2.05. The minimum atomic E-state index is -0.660. The Kier molecular flexibility index (Phi) is 5.29. The molecule has 1 aliphatic rings. The van der Waals surface area contributed by atoms with Gasteiger partial charge in [-0.2, -0.15) is 0 Å². The van der Waals surface area contributed by atoms with E-state index in [1.807, 2.05) is 24.3 Å². The molecule has 1 fully saturated rings. The van der Waals surface area contributed by atoms with Crippen LogP contribution in [0.5, 0.6) is 5.75 Å². The first-order valence-electron chi connectivity index (χ1n) is 7.69. The van der Waals surface area contributed by atoms with E-state index in [0.717, 1.165) is 43.9 Å². The van der Waals surface area contributed by atoms with Crippen LogP contribution in [0, 0.1) is 5.92 Å². The van der Waals surface area contributed by atoms with Gasteiger partial charge in [-0.15, -0.1) is 0 Å². The third kappa shape index (κ3) is 3.91. The summed E-state index contributed by atoms with van der Waals surface area (Å²) in [5.41, 5.74) is 5.94. The minimum Gasteiger partial charge on any atom is -0.497 e. The molecule has 0 bridgehead atoms. The standard InChI is InChI=1S/C17H26N3O2/c1-13(2)12-20-10-8-17(9-11-20,16(18)21)19-14-4-6-15(22-3)7-5-14/h4-7,19H,8-12H2,1-3H3,(H2,18,21). The van der Waals surface area contributed by atoms with E-state index in [4.69, 9.17) is 10.5 Å². The summed E-state index contributed by atoms with van der Waals surface area (Å²) in [7, 11) is 1.63. The molecule has 1 aromatic carbocycles. The van der Waals surface area contributed by atoms with Crippen molar-refractivity contribution < 1.29 is 9.53 Å². The predicted molar refractivity (Wildman–Crippen MR) is 88.8 cm³/mol. The number of amides is 1. The fourth-order valence-corrected chi connectivity index (χ4v) is 2.92. The summed E-state index contributed by atoms with van der Waals surface area (Å²) in [6, 6.07) is 7.59. The first-order valence-corrected chi connectivity index (χ1v) is 7.69. The molecule has 0 atom stereocenters. The number of nitrogens with two attached hydrogens (primary N) is 1. The number of benzene rings is 1.